The van der Waals surface area contributed by atoms with E-state index in [9.17, 15) is 5.11 Å². The topological polar surface area (TPSA) is 32.3 Å². The Labute approximate surface area is 87.1 Å². The van der Waals surface area contributed by atoms with Crippen LogP contribution in [-0.4, -0.2) is 23.3 Å². The molecule has 2 fully saturated rings. The summed E-state index contributed by atoms with van der Waals surface area (Å²) in [5.74, 6) is 0. The van der Waals surface area contributed by atoms with Crippen molar-refractivity contribution >= 4 is 0 Å². The molecule has 2 rings (SSSR count). The average molecular weight is 197 g/mol. The zero-order valence-electron chi connectivity index (χ0n) is 9.47. The molecule has 0 aromatic heterocycles. The minimum atomic E-state index is -0.389. The highest BCUT2D eigenvalue weighted by molar-refractivity contribution is 4.98. The molecule has 0 aliphatic heterocycles. The van der Waals surface area contributed by atoms with Gasteiger partial charge in [0.1, 0.15) is 0 Å². The molecule has 0 radical (unpaired) electrons. The molecule has 1 atom stereocenters. The van der Waals surface area contributed by atoms with Gasteiger partial charge in [0.15, 0.2) is 0 Å². The van der Waals surface area contributed by atoms with Crippen LogP contribution < -0.4 is 5.32 Å². The minimum absolute atomic E-state index is 0.389. The van der Waals surface area contributed by atoms with Gasteiger partial charge in [-0.2, -0.15) is 0 Å². The molecule has 82 valence electrons. The molecule has 2 heteroatoms. The second kappa shape index (κ2) is 3.49. The van der Waals surface area contributed by atoms with Gasteiger partial charge in [0.2, 0.25) is 0 Å². The van der Waals surface area contributed by atoms with Crippen LogP contribution in [0.3, 0.4) is 0 Å². The van der Waals surface area contributed by atoms with Crippen LogP contribution in [0.2, 0.25) is 0 Å². The first kappa shape index (κ1) is 10.4. The van der Waals surface area contributed by atoms with Crippen molar-refractivity contribution < 1.29 is 5.11 Å². The Bertz CT molecular complexity index is 204. The molecule has 1 unspecified atom stereocenters. The normalized spacial score (nSPS) is 30.2. The van der Waals surface area contributed by atoms with Crippen LogP contribution in [-0.2, 0) is 0 Å². The van der Waals surface area contributed by atoms with Gasteiger partial charge < -0.3 is 10.4 Å². The van der Waals surface area contributed by atoms with Crippen molar-refractivity contribution in [3.8, 4) is 0 Å². The van der Waals surface area contributed by atoms with Gasteiger partial charge in [-0.25, -0.2) is 0 Å². The van der Waals surface area contributed by atoms with Gasteiger partial charge in [0.25, 0.3) is 0 Å². The molecule has 2 aliphatic rings. The highest BCUT2D eigenvalue weighted by Crippen LogP contribution is 2.48. The van der Waals surface area contributed by atoms with Gasteiger partial charge >= 0.3 is 0 Å². The van der Waals surface area contributed by atoms with Crippen LogP contribution in [0.4, 0.5) is 0 Å². The second-order valence-corrected chi connectivity index (χ2v) is 5.69. The molecule has 14 heavy (non-hydrogen) atoms. The maximum absolute atomic E-state index is 10.2. The highest BCUT2D eigenvalue weighted by atomic mass is 16.3. The molecule has 0 aromatic carbocycles. The highest BCUT2D eigenvalue weighted by Gasteiger charge is 2.43. The molecular weight excluding hydrogens is 174 g/mol. The molecule has 2 aliphatic carbocycles. The van der Waals surface area contributed by atoms with E-state index in [4.69, 9.17) is 0 Å². The first-order valence-corrected chi connectivity index (χ1v) is 6.00. The van der Waals surface area contributed by atoms with E-state index >= 15 is 0 Å². The van der Waals surface area contributed by atoms with Gasteiger partial charge in [-0.05, 0) is 38.0 Å². The summed E-state index contributed by atoms with van der Waals surface area (Å²) in [7, 11) is 0. The van der Waals surface area contributed by atoms with Crippen LogP contribution in [0.1, 0.15) is 52.4 Å². The van der Waals surface area contributed by atoms with Gasteiger partial charge in [-0.1, -0.05) is 19.8 Å². The molecule has 0 aromatic rings. The Hall–Kier alpha value is -0.0800. The van der Waals surface area contributed by atoms with E-state index in [0.717, 1.165) is 19.4 Å². The summed E-state index contributed by atoms with van der Waals surface area (Å²) in [6.07, 6.45) is 7.07. The lowest BCUT2D eigenvalue weighted by Crippen LogP contribution is -2.44. The molecule has 0 bridgehead atoms. The van der Waals surface area contributed by atoms with E-state index < -0.39 is 0 Å². The van der Waals surface area contributed by atoms with E-state index in [-0.39, 0.29) is 5.60 Å². The van der Waals surface area contributed by atoms with Crippen LogP contribution >= 0.6 is 0 Å². The van der Waals surface area contributed by atoms with Crippen LogP contribution in [0.25, 0.3) is 0 Å². The van der Waals surface area contributed by atoms with Gasteiger partial charge in [0.05, 0.1) is 5.60 Å². The zero-order chi connectivity index (χ0) is 10.2. The third-order valence-corrected chi connectivity index (χ3v) is 4.36. The van der Waals surface area contributed by atoms with E-state index in [0.29, 0.717) is 11.5 Å². The summed E-state index contributed by atoms with van der Waals surface area (Å²) in [5, 5.41) is 13.7. The van der Waals surface area contributed by atoms with E-state index in [1.54, 1.807) is 0 Å². The number of aliphatic hydroxyl groups is 1. The van der Waals surface area contributed by atoms with Crippen LogP contribution in [0, 0.1) is 5.41 Å². The van der Waals surface area contributed by atoms with Crippen molar-refractivity contribution in [1.82, 2.24) is 5.32 Å². The third kappa shape index (κ3) is 2.12. The maximum Gasteiger partial charge on any atom is 0.0771 e. The summed E-state index contributed by atoms with van der Waals surface area (Å²) in [5.41, 5.74) is 0.133. The third-order valence-electron chi connectivity index (χ3n) is 4.36. The van der Waals surface area contributed by atoms with E-state index in [1.807, 2.05) is 0 Å². The van der Waals surface area contributed by atoms with Crippen molar-refractivity contribution in [3.63, 3.8) is 0 Å². The first-order valence-electron chi connectivity index (χ1n) is 6.00. The summed E-state index contributed by atoms with van der Waals surface area (Å²) >= 11 is 0. The Balaban J connectivity index is 1.76. The summed E-state index contributed by atoms with van der Waals surface area (Å²) in [4.78, 5) is 0. The number of rotatable bonds is 4. The first-order chi connectivity index (χ1) is 6.54. The van der Waals surface area contributed by atoms with Crippen molar-refractivity contribution in [1.29, 1.82) is 0 Å². The van der Waals surface area contributed by atoms with Crippen molar-refractivity contribution in [3.05, 3.63) is 0 Å². The Morgan fingerprint density at radius 3 is 2.29 bits per heavy atom. The fourth-order valence-electron chi connectivity index (χ4n) is 2.43. The van der Waals surface area contributed by atoms with Crippen LogP contribution in [0.15, 0.2) is 0 Å². The lowest BCUT2D eigenvalue weighted by atomic mass is 9.98. The van der Waals surface area contributed by atoms with E-state index in [1.165, 1.54) is 25.7 Å². The molecule has 0 saturated heterocycles. The summed E-state index contributed by atoms with van der Waals surface area (Å²) in [6.45, 7) is 5.39. The number of nitrogens with one attached hydrogen (secondary N) is 1. The smallest absolute Gasteiger partial charge is 0.0771 e. The molecular formula is C12H23NO. The SMILES string of the molecule is CC(NCC1(O)CCCC1)C1(C)CC1. The van der Waals surface area contributed by atoms with E-state index in [2.05, 4.69) is 19.2 Å². The maximum atomic E-state index is 10.2. The minimum Gasteiger partial charge on any atom is -0.389 e. The fourth-order valence-corrected chi connectivity index (χ4v) is 2.43. The predicted octanol–water partition coefficient (Wildman–Crippen LogP) is 2.07. The molecule has 0 heterocycles. The van der Waals surface area contributed by atoms with Crippen molar-refractivity contribution in [2.45, 2.75) is 64.0 Å². The molecule has 2 nitrogen and oxygen atoms in total. The van der Waals surface area contributed by atoms with Crippen molar-refractivity contribution in [2.24, 2.45) is 5.41 Å². The molecule has 0 amide bonds. The van der Waals surface area contributed by atoms with Gasteiger partial charge in [-0.15, -0.1) is 0 Å². The molecule has 2 N–H and O–H groups in total. The number of hydrogen-bond donors (Lipinski definition) is 2. The average Bonchev–Trinajstić information content (AvgIpc) is 2.75. The zero-order valence-corrected chi connectivity index (χ0v) is 9.47. The number of hydrogen-bond acceptors (Lipinski definition) is 2. The second-order valence-electron chi connectivity index (χ2n) is 5.69. The Morgan fingerprint density at radius 1 is 1.21 bits per heavy atom. The summed E-state index contributed by atoms with van der Waals surface area (Å²) < 4.78 is 0. The standard InChI is InChI=1S/C12H23NO/c1-10(11(2)7-8-11)13-9-12(14)5-3-4-6-12/h10,13-14H,3-9H2,1-2H3. The largest absolute Gasteiger partial charge is 0.389 e. The van der Waals surface area contributed by atoms with Crippen molar-refractivity contribution in [2.75, 3.05) is 6.54 Å². The van der Waals surface area contributed by atoms with Gasteiger partial charge in [-0.3, -0.25) is 0 Å². The predicted molar refractivity (Wildman–Crippen MR) is 58.2 cm³/mol. The Morgan fingerprint density at radius 2 is 1.79 bits per heavy atom. The van der Waals surface area contributed by atoms with Gasteiger partial charge in [0, 0.05) is 12.6 Å². The van der Waals surface area contributed by atoms with Crippen LogP contribution in [0.5, 0.6) is 0 Å². The Kier molecular flexibility index (Phi) is 2.61. The summed E-state index contributed by atoms with van der Waals surface area (Å²) in [6, 6.07) is 0.562. The lowest BCUT2D eigenvalue weighted by Gasteiger charge is -2.27. The molecule has 2 saturated carbocycles. The lowest BCUT2D eigenvalue weighted by molar-refractivity contribution is 0.0430. The quantitative estimate of drug-likeness (QED) is 0.723. The fraction of sp³-hybridized carbons (Fsp3) is 1.00. The monoisotopic (exact) mass is 197 g/mol. The molecule has 0 spiro atoms.